The Kier molecular flexibility index (Phi) is 10.8. The fourth-order valence-corrected chi connectivity index (χ4v) is 8.16. The van der Waals surface area contributed by atoms with Crippen molar-refractivity contribution in [2.45, 2.75) is 43.2 Å². The van der Waals surface area contributed by atoms with Crippen LogP contribution in [-0.2, 0) is 30.8 Å². The molecule has 5 rings (SSSR count). The van der Waals surface area contributed by atoms with Gasteiger partial charge in [0.1, 0.15) is 32.5 Å². The Labute approximate surface area is 299 Å². The van der Waals surface area contributed by atoms with E-state index >= 15 is 4.79 Å². The number of amides is 2. The fraction of sp³-hybridized carbons (Fsp3) is 0.429. The summed E-state index contributed by atoms with van der Waals surface area (Å²) in [6, 6.07) is 19.1. The Hall–Kier alpha value is -3.16. The minimum Gasteiger partial charge on any atom is -0.493 e. The summed E-state index contributed by atoms with van der Waals surface area (Å²) in [6.07, 6.45) is 2.89. The highest BCUT2D eigenvalue weighted by Crippen LogP contribution is 2.54. The molecule has 0 unspecified atom stereocenters. The molecule has 2 amide bonds. The van der Waals surface area contributed by atoms with Crippen molar-refractivity contribution in [2.75, 3.05) is 57.6 Å². The minimum atomic E-state index is -3.56. The van der Waals surface area contributed by atoms with Gasteiger partial charge in [0.15, 0.2) is 9.84 Å². The van der Waals surface area contributed by atoms with Crippen molar-refractivity contribution in [1.82, 2.24) is 14.7 Å². The van der Waals surface area contributed by atoms with E-state index in [4.69, 9.17) is 32.9 Å². The van der Waals surface area contributed by atoms with E-state index in [-0.39, 0.29) is 29.0 Å². The number of aliphatic imine (C=N–C) groups is 1. The topological polar surface area (TPSA) is 117 Å². The summed E-state index contributed by atoms with van der Waals surface area (Å²) in [5, 5.41) is 1.10. The summed E-state index contributed by atoms with van der Waals surface area (Å²) in [6.45, 7) is 8.63. The number of hydrogen-bond acceptors (Lipinski definition) is 8. The first-order valence-corrected chi connectivity index (χ1v) is 20.8. The Morgan fingerprint density at radius 1 is 0.857 bits per heavy atom. The van der Waals surface area contributed by atoms with Crippen molar-refractivity contribution in [3.05, 3.63) is 93.5 Å². The lowest BCUT2D eigenvalue weighted by molar-refractivity contribution is 0.0868. The number of carbonyl (C=O) groups excluding carboxylic acids is 1. The molecule has 0 saturated carbocycles. The van der Waals surface area contributed by atoms with Gasteiger partial charge >= 0.3 is 6.03 Å². The lowest BCUT2D eigenvalue weighted by Gasteiger charge is -2.47. The maximum atomic E-state index is 15.1. The summed E-state index contributed by atoms with van der Waals surface area (Å²) in [5.41, 5.74) is -0.123. The molecule has 1 saturated heterocycles. The number of rotatable bonds is 10. The molecule has 2 aliphatic heterocycles. The molecule has 3 aromatic carbocycles. The molecule has 264 valence electrons. The highest BCUT2D eigenvalue weighted by molar-refractivity contribution is 7.91. The van der Waals surface area contributed by atoms with Gasteiger partial charge in [-0.3, -0.25) is 14.8 Å². The summed E-state index contributed by atoms with van der Waals surface area (Å²) in [4.78, 5) is 26.2. The summed E-state index contributed by atoms with van der Waals surface area (Å²) in [5.74, 6) is 0.735. The van der Waals surface area contributed by atoms with E-state index in [1.807, 2.05) is 38.1 Å². The number of ether oxygens (including phenoxy) is 1. The van der Waals surface area contributed by atoms with Crippen LogP contribution >= 0.6 is 23.2 Å². The summed E-state index contributed by atoms with van der Waals surface area (Å²) < 4.78 is 54.5. The fourth-order valence-electron chi connectivity index (χ4n) is 6.61. The number of benzene rings is 3. The number of piperazine rings is 1. The molecule has 0 spiro atoms. The quantitative estimate of drug-likeness (QED) is 0.255. The number of nitrogens with zero attached hydrogens (tertiary/aromatic N) is 4. The zero-order valence-corrected chi connectivity index (χ0v) is 31.5. The second kappa shape index (κ2) is 14.2. The minimum absolute atomic E-state index is 0.0871. The van der Waals surface area contributed by atoms with Gasteiger partial charge in [-0.2, -0.15) is 0 Å². The zero-order chi connectivity index (χ0) is 35.8. The maximum absolute atomic E-state index is 15.1. The molecule has 1 fully saturated rings. The molecule has 2 aliphatic rings. The summed E-state index contributed by atoms with van der Waals surface area (Å²) >= 11 is 12.7. The number of amidine groups is 1. The van der Waals surface area contributed by atoms with Gasteiger partial charge in [-0.15, -0.1) is 0 Å². The van der Waals surface area contributed by atoms with E-state index in [0.29, 0.717) is 60.6 Å². The molecule has 0 bridgehead atoms. The van der Waals surface area contributed by atoms with E-state index < -0.39 is 30.8 Å². The van der Waals surface area contributed by atoms with Gasteiger partial charge in [-0.1, -0.05) is 47.5 Å². The molecule has 10 nitrogen and oxygen atoms in total. The smallest absolute Gasteiger partial charge is 0.326 e. The van der Waals surface area contributed by atoms with Crippen LogP contribution in [0.4, 0.5) is 4.79 Å². The van der Waals surface area contributed by atoms with Gasteiger partial charge in [0.2, 0.25) is 0 Å². The molecule has 0 aromatic heterocycles. The number of urea groups is 1. The van der Waals surface area contributed by atoms with Crippen LogP contribution in [0.15, 0.2) is 76.6 Å². The van der Waals surface area contributed by atoms with Crippen molar-refractivity contribution in [2.24, 2.45) is 4.99 Å². The van der Waals surface area contributed by atoms with Gasteiger partial charge in [0, 0.05) is 48.7 Å². The van der Waals surface area contributed by atoms with E-state index in [2.05, 4.69) is 4.90 Å². The first-order chi connectivity index (χ1) is 23.0. The number of sulfone groups is 2. The van der Waals surface area contributed by atoms with Gasteiger partial charge in [-0.25, -0.2) is 21.6 Å². The van der Waals surface area contributed by atoms with Crippen LogP contribution in [0.2, 0.25) is 10.0 Å². The van der Waals surface area contributed by atoms with Crippen molar-refractivity contribution in [3.8, 4) is 5.75 Å². The van der Waals surface area contributed by atoms with Gasteiger partial charge < -0.3 is 9.64 Å². The molecule has 0 N–H and O–H groups in total. The van der Waals surface area contributed by atoms with E-state index in [9.17, 15) is 16.8 Å². The van der Waals surface area contributed by atoms with Crippen molar-refractivity contribution in [1.29, 1.82) is 0 Å². The molecule has 2 atom stereocenters. The standard InChI is InChI=1S/C35H42Cl2N4O6S2/c1-6-47-31-24-29(49(5,45)46)16-17-30(31)32-38-34(2,25-8-12-27(36)13-9-25)35(3,26-10-14-28(37)15-11-26)41(32)33(42)40-21-19-39(20-22-40)18-7-23-48(4,43)44/h8-17,24H,6-7,18-23H2,1-5H3/t34-,35+/m0/s1. The van der Waals surface area contributed by atoms with E-state index in [1.54, 1.807) is 47.1 Å². The number of hydrogen-bond donors (Lipinski definition) is 0. The Balaban J connectivity index is 1.66. The third kappa shape index (κ3) is 7.63. The maximum Gasteiger partial charge on any atom is 0.326 e. The predicted molar refractivity (Wildman–Crippen MR) is 194 cm³/mol. The Morgan fingerprint density at radius 2 is 1.43 bits per heavy atom. The second-order valence-electron chi connectivity index (χ2n) is 12.9. The second-order valence-corrected chi connectivity index (χ2v) is 18.0. The molecule has 14 heteroatoms. The molecule has 2 heterocycles. The SMILES string of the molecule is CCOc1cc(S(C)(=O)=O)ccc1C1=N[C@@](C)(c2ccc(Cl)cc2)[C@@](C)(c2ccc(Cl)cc2)N1C(=O)N1CCN(CCCS(C)(=O)=O)CC1. The number of halogens is 2. The van der Waals surface area contributed by atoms with Crippen molar-refractivity contribution < 1.29 is 26.4 Å². The first-order valence-electron chi connectivity index (χ1n) is 16.1. The number of carbonyl (C=O) groups is 1. The van der Waals surface area contributed by atoms with Crippen LogP contribution in [0.1, 0.15) is 43.9 Å². The van der Waals surface area contributed by atoms with Crippen LogP contribution in [0.25, 0.3) is 0 Å². The monoisotopic (exact) mass is 748 g/mol. The predicted octanol–water partition coefficient (Wildman–Crippen LogP) is 5.86. The van der Waals surface area contributed by atoms with Gasteiger partial charge in [0.25, 0.3) is 0 Å². The highest BCUT2D eigenvalue weighted by atomic mass is 35.5. The van der Waals surface area contributed by atoms with E-state index in [1.165, 1.54) is 18.4 Å². The Bertz CT molecular complexity index is 1950. The molecule has 49 heavy (non-hydrogen) atoms. The third-order valence-corrected chi connectivity index (χ3v) is 12.1. The summed E-state index contributed by atoms with van der Waals surface area (Å²) in [7, 11) is -6.62. The third-order valence-electron chi connectivity index (χ3n) is 9.49. The lowest BCUT2D eigenvalue weighted by Crippen LogP contribution is -2.60. The van der Waals surface area contributed by atoms with E-state index in [0.717, 1.165) is 17.4 Å². The average Bonchev–Trinajstić information content (AvgIpc) is 3.28. The zero-order valence-electron chi connectivity index (χ0n) is 28.3. The average molecular weight is 750 g/mol. The van der Waals surface area contributed by atoms with Gasteiger partial charge in [0.05, 0.1) is 22.8 Å². The molecule has 0 aliphatic carbocycles. The van der Waals surface area contributed by atoms with Crippen LogP contribution in [0, 0.1) is 0 Å². The lowest BCUT2D eigenvalue weighted by atomic mass is 9.71. The van der Waals surface area contributed by atoms with Gasteiger partial charge in [-0.05, 0) is 87.3 Å². The Morgan fingerprint density at radius 3 is 1.96 bits per heavy atom. The first kappa shape index (κ1) is 37.1. The van der Waals surface area contributed by atoms with Crippen LogP contribution in [0.5, 0.6) is 5.75 Å². The van der Waals surface area contributed by atoms with Crippen LogP contribution in [-0.4, -0.2) is 101 Å². The van der Waals surface area contributed by atoms with Crippen molar-refractivity contribution in [3.63, 3.8) is 0 Å². The molecular formula is C35H42Cl2N4O6S2. The molecular weight excluding hydrogens is 707 g/mol. The largest absolute Gasteiger partial charge is 0.493 e. The normalized spacial score (nSPS) is 21.9. The van der Waals surface area contributed by atoms with Crippen LogP contribution in [0.3, 0.4) is 0 Å². The highest BCUT2D eigenvalue weighted by Gasteiger charge is 2.60. The van der Waals surface area contributed by atoms with Crippen LogP contribution < -0.4 is 4.74 Å². The molecule has 0 radical (unpaired) electrons. The van der Waals surface area contributed by atoms with Crippen molar-refractivity contribution >= 4 is 54.7 Å². The molecule has 3 aromatic rings.